The molecule has 1 saturated heterocycles. The van der Waals surface area contributed by atoms with Crippen LogP contribution in [-0.2, 0) is 9.63 Å². The van der Waals surface area contributed by atoms with Crippen LogP contribution in [-0.4, -0.2) is 29.4 Å². The Hall–Kier alpha value is -1.08. The van der Waals surface area contributed by atoms with Crippen molar-refractivity contribution in [1.82, 2.24) is 5.48 Å². The fraction of sp³-hybridized carbons (Fsp3) is 0.625. The Labute approximate surface area is 83.7 Å². The Bertz CT molecular complexity index is 242. The van der Waals surface area contributed by atoms with Gasteiger partial charge >= 0.3 is 12.1 Å². The molecule has 2 unspecified atom stereocenters. The molecule has 2 heterocycles. The first kappa shape index (κ1) is 12.0. The molecule has 0 aromatic carbocycles. The van der Waals surface area contributed by atoms with Gasteiger partial charge in [-0.15, -0.1) is 0 Å². The van der Waals surface area contributed by atoms with Crippen LogP contribution >= 0.6 is 0 Å². The summed E-state index contributed by atoms with van der Waals surface area (Å²) in [4.78, 5) is 14.0. The van der Waals surface area contributed by atoms with Gasteiger partial charge in [0.2, 0.25) is 0 Å². The van der Waals surface area contributed by atoms with Crippen LogP contribution in [0.2, 0.25) is 0 Å². The van der Waals surface area contributed by atoms with Crippen molar-refractivity contribution >= 4 is 5.97 Å². The Morgan fingerprint density at radius 1 is 1.40 bits per heavy atom. The lowest BCUT2D eigenvalue weighted by Gasteiger charge is -2.30. The van der Waals surface area contributed by atoms with E-state index in [0.29, 0.717) is 12.1 Å². The predicted octanol–water partition coefficient (Wildman–Crippen LogP) is 1.24. The lowest BCUT2D eigenvalue weighted by Crippen LogP contribution is -2.41. The lowest BCUT2D eigenvalue weighted by molar-refractivity contribution is -0.192. The first-order chi connectivity index (χ1) is 6.89. The van der Waals surface area contributed by atoms with Gasteiger partial charge in [0, 0.05) is 0 Å². The van der Waals surface area contributed by atoms with E-state index in [-0.39, 0.29) is 0 Å². The van der Waals surface area contributed by atoms with Crippen molar-refractivity contribution < 1.29 is 27.9 Å². The van der Waals surface area contributed by atoms with E-state index in [2.05, 4.69) is 17.6 Å². The van der Waals surface area contributed by atoms with E-state index in [9.17, 15) is 13.2 Å². The van der Waals surface area contributed by atoms with Crippen molar-refractivity contribution in [1.29, 1.82) is 0 Å². The Morgan fingerprint density at radius 3 is 2.07 bits per heavy atom. The zero-order valence-electron chi connectivity index (χ0n) is 7.62. The third-order valence-electron chi connectivity index (χ3n) is 1.93. The van der Waals surface area contributed by atoms with E-state index >= 15 is 0 Å². The summed E-state index contributed by atoms with van der Waals surface area (Å²) in [5.74, 6) is -2.76. The van der Waals surface area contributed by atoms with Crippen molar-refractivity contribution in [3.63, 3.8) is 0 Å². The molecular formula is C8H10F3NO3. The lowest BCUT2D eigenvalue weighted by atomic mass is 10.00. The number of hydroxylamine groups is 1. The van der Waals surface area contributed by atoms with Crippen molar-refractivity contribution in [3.8, 4) is 0 Å². The van der Waals surface area contributed by atoms with Crippen LogP contribution in [0.25, 0.3) is 0 Å². The molecule has 0 saturated carbocycles. The summed E-state index contributed by atoms with van der Waals surface area (Å²) < 4.78 is 31.7. The second-order valence-corrected chi connectivity index (χ2v) is 3.15. The van der Waals surface area contributed by atoms with Crippen molar-refractivity contribution in [3.05, 3.63) is 12.2 Å². The molecule has 1 fully saturated rings. The molecular weight excluding hydrogens is 215 g/mol. The summed E-state index contributed by atoms with van der Waals surface area (Å²) in [5.41, 5.74) is 2.93. The average molecular weight is 225 g/mol. The zero-order chi connectivity index (χ0) is 11.5. The largest absolute Gasteiger partial charge is 0.490 e. The van der Waals surface area contributed by atoms with Gasteiger partial charge in [0.05, 0.1) is 12.1 Å². The summed E-state index contributed by atoms with van der Waals surface area (Å²) in [6.45, 7) is 0. The summed E-state index contributed by atoms with van der Waals surface area (Å²) >= 11 is 0. The number of rotatable bonds is 0. The highest BCUT2D eigenvalue weighted by Gasteiger charge is 2.38. The fourth-order valence-electron chi connectivity index (χ4n) is 1.17. The van der Waals surface area contributed by atoms with Crippen LogP contribution in [0.1, 0.15) is 12.8 Å². The number of carbonyl (C=O) groups is 1. The number of alkyl halides is 3. The van der Waals surface area contributed by atoms with Crippen molar-refractivity contribution in [2.45, 2.75) is 31.2 Å². The number of carboxylic acids is 1. The first-order valence-corrected chi connectivity index (χ1v) is 4.29. The molecule has 2 atom stereocenters. The zero-order valence-corrected chi connectivity index (χ0v) is 7.62. The van der Waals surface area contributed by atoms with Gasteiger partial charge in [-0.25, -0.2) is 4.79 Å². The predicted molar refractivity (Wildman–Crippen MR) is 43.9 cm³/mol. The fourth-order valence-corrected chi connectivity index (χ4v) is 1.17. The number of nitrogens with one attached hydrogen (secondary N) is 1. The molecule has 0 radical (unpaired) electrons. The number of hydrogen-bond acceptors (Lipinski definition) is 3. The molecule has 2 N–H and O–H groups in total. The summed E-state index contributed by atoms with van der Waals surface area (Å²) in [5, 5.41) is 7.12. The monoisotopic (exact) mass is 225 g/mol. The van der Waals surface area contributed by atoms with Gasteiger partial charge in [-0.3, -0.25) is 4.84 Å². The standard InChI is InChI=1S/C6H9NO.C2HF3O2/c1-3-6-4-2-5(1)7-8-6;3-2(4,5)1(6)7/h1,3,5-7H,2,4H2;(H,6,7). The van der Waals surface area contributed by atoms with Gasteiger partial charge < -0.3 is 5.11 Å². The minimum atomic E-state index is -5.08. The van der Waals surface area contributed by atoms with E-state index in [1.54, 1.807) is 0 Å². The molecule has 2 aliphatic heterocycles. The summed E-state index contributed by atoms with van der Waals surface area (Å²) in [6, 6.07) is 0.500. The van der Waals surface area contributed by atoms with Gasteiger partial charge in [-0.05, 0) is 12.8 Å². The van der Waals surface area contributed by atoms with E-state index in [1.807, 2.05) is 0 Å². The number of carboxylic acid groups (broad SMARTS) is 1. The third kappa shape index (κ3) is 3.88. The number of fused-ring (bicyclic) bond motifs is 2. The van der Waals surface area contributed by atoms with E-state index in [4.69, 9.17) is 14.7 Å². The highest BCUT2D eigenvalue weighted by Crippen LogP contribution is 2.18. The van der Waals surface area contributed by atoms with Crippen molar-refractivity contribution in [2.75, 3.05) is 0 Å². The molecule has 86 valence electrons. The van der Waals surface area contributed by atoms with Crippen molar-refractivity contribution in [2.24, 2.45) is 0 Å². The van der Waals surface area contributed by atoms with Gasteiger partial charge in [0.15, 0.2) is 0 Å². The quantitative estimate of drug-likeness (QED) is 0.609. The SMILES string of the molecule is C1=CC2CCC1NO2.O=C(O)C(F)(F)F. The van der Waals surface area contributed by atoms with Gasteiger partial charge in [0.1, 0.15) is 0 Å². The highest BCUT2D eigenvalue weighted by atomic mass is 19.4. The molecule has 0 spiro atoms. The molecule has 3 aliphatic rings. The molecule has 0 amide bonds. The Balaban J connectivity index is 0.000000153. The third-order valence-corrected chi connectivity index (χ3v) is 1.93. The number of aliphatic carboxylic acids is 1. The number of hydrogen-bond donors (Lipinski definition) is 2. The highest BCUT2D eigenvalue weighted by molar-refractivity contribution is 5.73. The van der Waals surface area contributed by atoms with Crippen LogP contribution in [0.4, 0.5) is 13.2 Å². The topological polar surface area (TPSA) is 58.6 Å². The maximum absolute atomic E-state index is 10.6. The molecule has 3 rings (SSSR count). The van der Waals surface area contributed by atoms with Crippen LogP contribution in [0, 0.1) is 0 Å². The first-order valence-electron chi connectivity index (χ1n) is 4.29. The summed E-state index contributed by atoms with van der Waals surface area (Å²) in [7, 11) is 0. The van der Waals surface area contributed by atoms with Gasteiger partial charge in [0.25, 0.3) is 0 Å². The van der Waals surface area contributed by atoms with Gasteiger partial charge in [-0.2, -0.15) is 18.7 Å². The smallest absolute Gasteiger partial charge is 0.475 e. The summed E-state index contributed by atoms with van der Waals surface area (Å²) in [6.07, 6.45) is 2.01. The molecule has 4 nitrogen and oxygen atoms in total. The maximum Gasteiger partial charge on any atom is 0.490 e. The van der Waals surface area contributed by atoms with Crippen LogP contribution in [0.3, 0.4) is 0 Å². The van der Waals surface area contributed by atoms with E-state index < -0.39 is 12.1 Å². The Kier molecular flexibility index (Phi) is 3.70. The minimum absolute atomic E-state index is 0.361. The molecule has 2 bridgehead atoms. The van der Waals surface area contributed by atoms with Crippen LogP contribution in [0.5, 0.6) is 0 Å². The van der Waals surface area contributed by atoms with Crippen LogP contribution in [0.15, 0.2) is 12.2 Å². The molecule has 7 heteroatoms. The number of halogens is 3. The molecule has 1 aliphatic carbocycles. The normalized spacial score (nSPS) is 28.2. The van der Waals surface area contributed by atoms with E-state index in [1.165, 1.54) is 12.8 Å². The van der Waals surface area contributed by atoms with Gasteiger partial charge in [-0.1, -0.05) is 12.2 Å². The molecule has 0 aromatic rings. The average Bonchev–Trinajstić information content (AvgIpc) is 2.20. The Morgan fingerprint density at radius 2 is 2.00 bits per heavy atom. The molecule has 15 heavy (non-hydrogen) atoms. The minimum Gasteiger partial charge on any atom is -0.475 e. The van der Waals surface area contributed by atoms with Crippen LogP contribution < -0.4 is 5.48 Å². The second-order valence-electron chi connectivity index (χ2n) is 3.15. The molecule has 0 aromatic heterocycles. The van der Waals surface area contributed by atoms with E-state index in [0.717, 1.165) is 0 Å². The second kappa shape index (κ2) is 4.63. The maximum atomic E-state index is 10.6.